The Labute approximate surface area is 196 Å². The standard InChI is InChI=1S/C27H32N4S/c1-4-20-12-14-22(15-13-20)30-18(2)17-23(19(30)3)26-25(24-11-7-8-16-28-24)29-27(32)31(26)21-9-5-6-10-21/h7-8,11-17,21,25-26H,4-6,9-10H2,1-3H3,(H,29,32). The molecule has 32 heavy (non-hydrogen) atoms. The third-order valence-corrected chi connectivity index (χ3v) is 7.57. The number of benzene rings is 1. The monoisotopic (exact) mass is 444 g/mol. The van der Waals surface area contributed by atoms with Gasteiger partial charge in [0, 0.05) is 29.3 Å². The van der Waals surface area contributed by atoms with Crippen LogP contribution in [0.5, 0.6) is 0 Å². The summed E-state index contributed by atoms with van der Waals surface area (Å²) >= 11 is 5.92. The first-order valence-electron chi connectivity index (χ1n) is 11.9. The first-order chi connectivity index (χ1) is 15.6. The van der Waals surface area contributed by atoms with Crippen LogP contribution in [0.2, 0.25) is 0 Å². The van der Waals surface area contributed by atoms with Crippen molar-refractivity contribution in [1.29, 1.82) is 0 Å². The average Bonchev–Trinajstić information content (AvgIpc) is 3.52. The summed E-state index contributed by atoms with van der Waals surface area (Å²) in [4.78, 5) is 7.21. The van der Waals surface area contributed by atoms with E-state index in [0.29, 0.717) is 6.04 Å². The molecule has 1 aliphatic carbocycles. The number of hydrogen-bond acceptors (Lipinski definition) is 2. The van der Waals surface area contributed by atoms with Crippen LogP contribution < -0.4 is 5.32 Å². The quantitative estimate of drug-likeness (QED) is 0.492. The van der Waals surface area contributed by atoms with Crippen molar-refractivity contribution in [2.75, 3.05) is 0 Å². The maximum absolute atomic E-state index is 5.92. The molecule has 5 heteroatoms. The smallest absolute Gasteiger partial charge is 0.170 e. The fourth-order valence-corrected chi connectivity index (χ4v) is 6.03. The molecule has 4 nitrogen and oxygen atoms in total. The van der Waals surface area contributed by atoms with Gasteiger partial charge >= 0.3 is 0 Å². The largest absolute Gasteiger partial charge is 0.352 e. The first kappa shape index (κ1) is 21.2. The normalized spacial score (nSPS) is 21.3. The predicted molar refractivity (Wildman–Crippen MR) is 134 cm³/mol. The van der Waals surface area contributed by atoms with E-state index in [2.05, 4.69) is 78.0 Å². The molecule has 2 atom stereocenters. The predicted octanol–water partition coefficient (Wildman–Crippen LogP) is 5.97. The molecule has 0 spiro atoms. The van der Waals surface area contributed by atoms with Crippen LogP contribution in [0.15, 0.2) is 54.7 Å². The van der Waals surface area contributed by atoms with Crippen molar-refractivity contribution >= 4 is 17.3 Å². The van der Waals surface area contributed by atoms with E-state index >= 15 is 0 Å². The average molecular weight is 445 g/mol. The van der Waals surface area contributed by atoms with Crippen LogP contribution in [0.1, 0.15) is 72.9 Å². The Bertz CT molecular complexity index is 1100. The number of hydrogen-bond donors (Lipinski definition) is 1. The Kier molecular flexibility index (Phi) is 5.76. The second-order valence-corrected chi connectivity index (χ2v) is 9.54. The SMILES string of the molecule is CCc1ccc(-n2c(C)cc(C3C(c4ccccn4)NC(=S)N3C3CCCC3)c2C)cc1. The highest BCUT2D eigenvalue weighted by Gasteiger charge is 2.44. The van der Waals surface area contributed by atoms with Crippen molar-refractivity contribution in [3.05, 3.63) is 82.9 Å². The number of aromatic nitrogens is 2. The van der Waals surface area contributed by atoms with Crippen LogP contribution in [0.25, 0.3) is 5.69 Å². The van der Waals surface area contributed by atoms with Gasteiger partial charge in [-0.25, -0.2) is 0 Å². The van der Waals surface area contributed by atoms with Gasteiger partial charge in [0.2, 0.25) is 0 Å². The van der Waals surface area contributed by atoms with Crippen molar-refractivity contribution < 1.29 is 0 Å². The summed E-state index contributed by atoms with van der Waals surface area (Å²) in [5.74, 6) is 0. The van der Waals surface area contributed by atoms with Gasteiger partial charge in [-0.15, -0.1) is 0 Å². The highest BCUT2D eigenvalue weighted by atomic mass is 32.1. The second kappa shape index (κ2) is 8.70. The third kappa shape index (κ3) is 3.62. The summed E-state index contributed by atoms with van der Waals surface area (Å²) in [6.07, 6.45) is 7.94. The summed E-state index contributed by atoms with van der Waals surface area (Å²) in [7, 11) is 0. The second-order valence-electron chi connectivity index (χ2n) is 9.15. The van der Waals surface area contributed by atoms with Crippen molar-refractivity contribution in [2.45, 2.75) is 71.0 Å². The molecule has 1 aliphatic heterocycles. The lowest BCUT2D eigenvalue weighted by molar-refractivity contribution is 0.245. The Morgan fingerprint density at radius 3 is 2.47 bits per heavy atom. The van der Waals surface area contributed by atoms with Crippen LogP contribution in [-0.2, 0) is 6.42 Å². The van der Waals surface area contributed by atoms with Gasteiger partial charge < -0.3 is 14.8 Å². The Balaban J connectivity index is 1.61. The van der Waals surface area contributed by atoms with Gasteiger partial charge in [-0.2, -0.15) is 0 Å². The minimum Gasteiger partial charge on any atom is -0.352 e. The van der Waals surface area contributed by atoms with Crippen LogP contribution in [0, 0.1) is 13.8 Å². The lowest BCUT2D eigenvalue weighted by Crippen LogP contribution is -2.37. The van der Waals surface area contributed by atoms with Crippen LogP contribution >= 0.6 is 12.2 Å². The molecule has 1 aromatic carbocycles. The van der Waals surface area contributed by atoms with E-state index in [1.165, 1.54) is 53.9 Å². The first-order valence-corrected chi connectivity index (χ1v) is 12.3. The molecule has 0 bridgehead atoms. The molecular weight excluding hydrogens is 412 g/mol. The number of nitrogens with one attached hydrogen (secondary N) is 1. The van der Waals surface area contributed by atoms with Crippen LogP contribution in [0.4, 0.5) is 0 Å². The van der Waals surface area contributed by atoms with Gasteiger partial charge in [0.15, 0.2) is 5.11 Å². The summed E-state index contributed by atoms with van der Waals surface area (Å²) in [6.45, 7) is 6.66. The molecule has 1 saturated heterocycles. The van der Waals surface area contributed by atoms with Gasteiger partial charge in [-0.1, -0.05) is 38.0 Å². The highest BCUT2D eigenvalue weighted by Crippen LogP contribution is 2.44. The van der Waals surface area contributed by atoms with Crippen LogP contribution in [0.3, 0.4) is 0 Å². The summed E-state index contributed by atoms with van der Waals surface area (Å²) in [5, 5.41) is 4.51. The molecule has 5 rings (SSSR count). The number of nitrogens with zero attached hydrogens (tertiary/aromatic N) is 3. The van der Waals surface area contributed by atoms with Crippen molar-refractivity contribution in [3.63, 3.8) is 0 Å². The van der Waals surface area contributed by atoms with Gasteiger partial charge in [0.1, 0.15) is 0 Å². The molecule has 1 saturated carbocycles. The fourth-order valence-electron chi connectivity index (χ4n) is 5.64. The molecule has 2 aromatic heterocycles. The van der Waals surface area contributed by atoms with E-state index in [1.54, 1.807) is 0 Å². The van der Waals surface area contributed by atoms with Gasteiger partial charge in [0.25, 0.3) is 0 Å². The lowest BCUT2D eigenvalue weighted by atomic mass is 9.95. The van der Waals surface area contributed by atoms with E-state index in [4.69, 9.17) is 17.2 Å². The maximum atomic E-state index is 5.92. The van der Waals surface area contributed by atoms with Crippen molar-refractivity contribution in [1.82, 2.24) is 19.8 Å². The Morgan fingerprint density at radius 2 is 1.81 bits per heavy atom. The Morgan fingerprint density at radius 1 is 1.06 bits per heavy atom. The molecule has 0 amide bonds. The molecule has 3 aromatic rings. The molecule has 166 valence electrons. The topological polar surface area (TPSA) is 33.1 Å². The van der Waals surface area contributed by atoms with Crippen molar-refractivity contribution in [2.24, 2.45) is 0 Å². The van der Waals surface area contributed by atoms with E-state index < -0.39 is 0 Å². The number of thiocarbonyl (C=S) groups is 1. The minimum absolute atomic E-state index is 0.0562. The summed E-state index contributed by atoms with van der Waals surface area (Å²) < 4.78 is 2.39. The molecule has 3 heterocycles. The number of pyridine rings is 1. The van der Waals surface area contributed by atoms with Crippen molar-refractivity contribution in [3.8, 4) is 5.69 Å². The maximum Gasteiger partial charge on any atom is 0.170 e. The molecular formula is C27H32N4S. The van der Waals surface area contributed by atoms with E-state index in [-0.39, 0.29) is 12.1 Å². The minimum atomic E-state index is 0.0562. The number of rotatable bonds is 5. The molecule has 1 N–H and O–H groups in total. The lowest BCUT2D eigenvalue weighted by Gasteiger charge is -2.33. The number of aryl methyl sites for hydroxylation is 2. The van der Waals surface area contributed by atoms with E-state index in [0.717, 1.165) is 17.2 Å². The van der Waals surface area contributed by atoms with Gasteiger partial charge in [-0.05, 0) is 86.8 Å². The van der Waals surface area contributed by atoms with Gasteiger partial charge in [0.05, 0.1) is 17.8 Å². The molecule has 2 fully saturated rings. The molecule has 0 radical (unpaired) electrons. The van der Waals surface area contributed by atoms with E-state index in [9.17, 15) is 0 Å². The summed E-state index contributed by atoms with van der Waals surface area (Å²) in [6, 6.07) is 18.2. The third-order valence-electron chi connectivity index (χ3n) is 7.25. The van der Waals surface area contributed by atoms with Gasteiger partial charge in [-0.3, -0.25) is 4.98 Å². The van der Waals surface area contributed by atoms with E-state index in [1.807, 2.05) is 12.3 Å². The zero-order chi connectivity index (χ0) is 22.2. The Hall–Kier alpha value is -2.66. The zero-order valence-corrected chi connectivity index (χ0v) is 20.0. The fraction of sp³-hybridized carbons (Fsp3) is 0.407. The summed E-state index contributed by atoms with van der Waals surface area (Å²) in [5.41, 5.74) is 7.52. The van der Waals surface area contributed by atoms with Crippen LogP contribution in [-0.4, -0.2) is 25.6 Å². The molecule has 2 unspecified atom stereocenters. The molecule has 2 aliphatic rings. The highest BCUT2D eigenvalue weighted by molar-refractivity contribution is 7.80. The zero-order valence-electron chi connectivity index (χ0n) is 19.2.